The molecule has 5 heteroatoms. The van der Waals surface area contributed by atoms with Crippen LogP contribution in [0.2, 0.25) is 0 Å². The molecule has 0 spiro atoms. The number of carbonyl (C=O) groups is 1. The number of halogens is 1. The Morgan fingerprint density at radius 1 is 1.80 bits per heavy atom. The first-order valence-electron chi connectivity index (χ1n) is 4.37. The number of amides is 1. The molecule has 0 aliphatic rings. The summed E-state index contributed by atoms with van der Waals surface area (Å²) in [6.07, 6.45) is 4.85. The minimum Gasteiger partial charge on any atom is -0.348 e. The lowest BCUT2D eigenvalue weighted by molar-refractivity contribution is -0.116. The zero-order chi connectivity index (χ0) is 11.3. The molecule has 1 rings (SSSR count). The van der Waals surface area contributed by atoms with E-state index in [2.05, 4.69) is 32.9 Å². The van der Waals surface area contributed by atoms with Crippen LogP contribution >= 0.6 is 15.9 Å². The molecule has 0 unspecified atom stereocenters. The van der Waals surface area contributed by atoms with Crippen LogP contribution in [-0.4, -0.2) is 22.2 Å². The minimum absolute atomic E-state index is 0.156. The van der Waals surface area contributed by atoms with E-state index in [1.807, 2.05) is 13.1 Å². The van der Waals surface area contributed by atoms with Crippen LogP contribution < -0.4 is 5.32 Å². The molecule has 0 bridgehead atoms. The third-order valence-corrected chi connectivity index (χ3v) is 2.00. The molecule has 1 aromatic heterocycles. The summed E-state index contributed by atoms with van der Waals surface area (Å²) in [5.41, 5.74) is 0.878. The van der Waals surface area contributed by atoms with Crippen molar-refractivity contribution in [2.45, 2.75) is 0 Å². The van der Waals surface area contributed by atoms with E-state index in [4.69, 9.17) is 0 Å². The summed E-state index contributed by atoms with van der Waals surface area (Å²) in [6, 6.07) is 1.83. The average molecular weight is 270 g/mol. The van der Waals surface area contributed by atoms with E-state index in [1.54, 1.807) is 17.0 Å². The molecule has 80 valence electrons. The van der Waals surface area contributed by atoms with Gasteiger partial charge in [-0.1, -0.05) is 22.5 Å². The quantitative estimate of drug-likeness (QED) is 0.842. The lowest BCUT2D eigenvalue weighted by Gasteiger charge is -1.98. The fraction of sp³-hybridized carbons (Fsp3) is 0.200. The van der Waals surface area contributed by atoms with Crippen LogP contribution in [0.1, 0.15) is 5.69 Å². The van der Waals surface area contributed by atoms with Gasteiger partial charge >= 0.3 is 0 Å². The van der Waals surface area contributed by atoms with E-state index in [0.717, 1.165) is 10.2 Å². The highest BCUT2D eigenvalue weighted by molar-refractivity contribution is 9.11. The van der Waals surface area contributed by atoms with Crippen molar-refractivity contribution in [2.24, 2.45) is 7.05 Å². The van der Waals surface area contributed by atoms with Crippen molar-refractivity contribution in [3.05, 3.63) is 35.1 Å². The number of aryl methyl sites for hydroxylation is 1. The van der Waals surface area contributed by atoms with E-state index in [-0.39, 0.29) is 5.91 Å². The van der Waals surface area contributed by atoms with Crippen molar-refractivity contribution in [2.75, 3.05) is 6.54 Å². The second-order valence-electron chi connectivity index (χ2n) is 2.95. The Morgan fingerprint density at radius 2 is 2.53 bits per heavy atom. The van der Waals surface area contributed by atoms with Crippen LogP contribution in [0.5, 0.6) is 0 Å². The number of hydrogen-bond donors (Lipinski definition) is 1. The maximum Gasteiger partial charge on any atom is 0.244 e. The summed E-state index contributed by atoms with van der Waals surface area (Å²) in [4.78, 5) is 11.3. The fourth-order valence-corrected chi connectivity index (χ4v) is 1.09. The summed E-state index contributed by atoms with van der Waals surface area (Å²) in [6.45, 7) is 4.04. The molecule has 0 saturated heterocycles. The predicted octanol–water partition coefficient (Wildman–Crippen LogP) is 1.46. The Bertz CT molecular complexity index is 395. The molecule has 4 nitrogen and oxygen atoms in total. The van der Waals surface area contributed by atoms with E-state index in [1.165, 1.54) is 6.08 Å². The normalized spacial score (nSPS) is 10.5. The fourth-order valence-electron chi connectivity index (χ4n) is 0.951. The van der Waals surface area contributed by atoms with Gasteiger partial charge in [0.25, 0.3) is 0 Å². The maximum atomic E-state index is 11.3. The Kier molecular flexibility index (Phi) is 4.30. The number of hydrogen-bond acceptors (Lipinski definition) is 2. The third kappa shape index (κ3) is 4.12. The van der Waals surface area contributed by atoms with Gasteiger partial charge in [0.15, 0.2) is 0 Å². The van der Waals surface area contributed by atoms with Crippen molar-refractivity contribution < 1.29 is 4.79 Å². The molecule has 1 aromatic rings. The second kappa shape index (κ2) is 5.50. The van der Waals surface area contributed by atoms with Crippen molar-refractivity contribution >= 4 is 27.9 Å². The Morgan fingerprint density at radius 3 is 3.07 bits per heavy atom. The number of carbonyl (C=O) groups excluding carboxylic acids is 1. The van der Waals surface area contributed by atoms with Gasteiger partial charge in [-0.2, -0.15) is 5.10 Å². The van der Waals surface area contributed by atoms with Crippen LogP contribution in [0.25, 0.3) is 6.08 Å². The zero-order valence-corrected chi connectivity index (χ0v) is 9.99. The molecule has 15 heavy (non-hydrogen) atoms. The van der Waals surface area contributed by atoms with E-state index in [0.29, 0.717) is 6.54 Å². The van der Waals surface area contributed by atoms with Crippen LogP contribution in [-0.2, 0) is 11.8 Å². The molecule has 0 aliphatic heterocycles. The van der Waals surface area contributed by atoms with E-state index in [9.17, 15) is 4.79 Å². The van der Waals surface area contributed by atoms with Gasteiger partial charge in [-0.3, -0.25) is 9.48 Å². The highest BCUT2D eigenvalue weighted by atomic mass is 79.9. The van der Waals surface area contributed by atoms with Crippen LogP contribution in [0.4, 0.5) is 0 Å². The van der Waals surface area contributed by atoms with Gasteiger partial charge in [0.2, 0.25) is 5.91 Å². The molecule has 0 aromatic carbocycles. The summed E-state index contributed by atoms with van der Waals surface area (Å²) in [5.74, 6) is -0.156. The van der Waals surface area contributed by atoms with Crippen molar-refractivity contribution in [3.8, 4) is 0 Å². The zero-order valence-electron chi connectivity index (χ0n) is 8.40. The molecular formula is C10H12BrN3O. The highest BCUT2D eigenvalue weighted by Gasteiger charge is 1.96. The van der Waals surface area contributed by atoms with Gasteiger partial charge in [-0.15, -0.1) is 0 Å². The smallest absolute Gasteiger partial charge is 0.244 e. The second-order valence-corrected chi connectivity index (χ2v) is 4.07. The number of nitrogens with zero attached hydrogens (tertiary/aromatic N) is 2. The number of rotatable bonds is 4. The summed E-state index contributed by atoms with van der Waals surface area (Å²) >= 11 is 3.16. The van der Waals surface area contributed by atoms with Crippen molar-refractivity contribution in [3.63, 3.8) is 0 Å². The molecule has 0 radical (unpaired) electrons. The molecule has 0 aliphatic carbocycles. The van der Waals surface area contributed by atoms with Crippen LogP contribution in [0.3, 0.4) is 0 Å². The average Bonchev–Trinajstić information content (AvgIpc) is 2.58. The molecule has 1 amide bonds. The molecule has 0 saturated carbocycles. The third-order valence-electron chi connectivity index (χ3n) is 1.72. The highest BCUT2D eigenvalue weighted by Crippen LogP contribution is 1.99. The summed E-state index contributed by atoms with van der Waals surface area (Å²) < 4.78 is 2.43. The van der Waals surface area contributed by atoms with Crippen molar-refractivity contribution in [1.82, 2.24) is 15.1 Å². The topological polar surface area (TPSA) is 46.9 Å². The monoisotopic (exact) mass is 269 g/mol. The van der Waals surface area contributed by atoms with E-state index < -0.39 is 0 Å². The van der Waals surface area contributed by atoms with Gasteiger partial charge < -0.3 is 5.32 Å². The van der Waals surface area contributed by atoms with Gasteiger partial charge in [0, 0.05) is 30.3 Å². The number of aromatic nitrogens is 2. The standard InChI is InChI=1S/C10H12BrN3O/c1-8(11)7-12-10(15)4-3-9-5-6-13-14(9)2/h3-6H,1,7H2,2H3,(H,12,15)/b4-3+. The van der Waals surface area contributed by atoms with Gasteiger partial charge in [0.05, 0.1) is 5.69 Å². The Labute approximate surface area is 96.8 Å². The van der Waals surface area contributed by atoms with Crippen LogP contribution in [0.15, 0.2) is 29.4 Å². The SMILES string of the molecule is C=C(Br)CNC(=O)/C=C/c1ccnn1C. The van der Waals surface area contributed by atoms with Crippen LogP contribution in [0, 0.1) is 0 Å². The van der Waals surface area contributed by atoms with Crippen molar-refractivity contribution in [1.29, 1.82) is 0 Å². The molecular weight excluding hydrogens is 258 g/mol. The first kappa shape index (κ1) is 11.7. The summed E-state index contributed by atoms with van der Waals surface area (Å²) in [5, 5.41) is 6.64. The first-order valence-corrected chi connectivity index (χ1v) is 5.16. The van der Waals surface area contributed by atoms with E-state index >= 15 is 0 Å². The largest absolute Gasteiger partial charge is 0.348 e. The molecule has 0 atom stereocenters. The molecule has 0 fully saturated rings. The molecule has 1 N–H and O–H groups in total. The Balaban J connectivity index is 2.48. The molecule has 1 heterocycles. The lowest BCUT2D eigenvalue weighted by Crippen LogP contribution is -2.21. The lowest BCUT2D eigenvalue weighted by atomic mass is 10.3. The summed E-state index contributed by atoms with van der Waals surface area (Å²) in [7, 11) is 1.82. The predicted molar refractivity (Wildman–Crippen MR) is 63.3 cm³/mol. The maximum absolute atomic E-state index is 11.3. The minimum atomic E-state index is -0.156. The Hall–Kier alpha value is -1.36. The van der Waals surface area contributed by atoms with Gasteiger partial charge in [-0.25, -0.2) is 0 Å². The van der Waals surface area contributed by atoms with Gasteiger partial charge in [-0.05, 0) is 12.1 Å². The first-order chi connectivity index (χ1) is 7.09. The number of nitrogens with one attached hydrogen (secondary N) is 1. The van der Waals surface area contributed by atoms with Gasteiger partial charge in [0.1, 0.15) is 0 Å².